The molecule has 0 aliphatic heterocycles. The molecule has 0 amide bonds. The molecule has 1 unspecified atom stereocenters. The van der Waals surface area contributed by atoms with Gasteiger partial charge in [0.1, 0.15) is 12.4 Å². The van der Waals surface area contributed by atoms with Crippen molar-refractivity contribution >= 4 is 11.6 Å². The number of nitrogens with one attached hydrogen (secondary N) is 1. The molecule has 1 atom stereocenters. The van der Waals surface area contributed by atoms with E-state index in [-0.39, 0.29) is 6.04 Å². The first-order chi connectivity index (χ1) is 9.20. The Hall–Kier alpha value is -1.52. The zero-order chi connectivity index (χ0) is 13.7. The molecule has 0 spiro atoms. The molecule has 102 valence electrons. The number of rotatable bonds is 6. The van der Waals surface area contributed by atoms with Crippen LogP contribution in [0.5, 0.6) is 5.75 Å². The van der Waals surface area contributed by atoms with E-state index in [0.29, 0.717) is 17.4 Å². The van der Waals surface area contributed by atoms with Crippen molar-refractivity contribution in [3.63, 3.8) is 0 Å². The van der Waals surface area contributed by atoms with Gasteiger partial charge in [0.25, 0.3) is 0 Å². The summed E-state index contributed by atoms with van der Waals surface area (Å²) in [7, 11) is 0. The van der Waals surface area contributed by atoms with Crippen LogP contribution in [0.1, 0.15) is 31.2 Å². The highest BCUT2D eigenvalue weighted by atomic mass is 35.5. The minimum Gasteiger partial charge on any atom is -0.485 e. The summed E-state index contributed by atoms with van der Waals surface area (Å²) in [5.41, 5.74) is 1.04. The van der Waals surface area contributed by atoms with E-state index in [1.54, 1.807) is 12.3 Å². The lowest BCUT2D eigenvalue weighted by atomic mass is 10.1. The van der Waals surface area contributed by atoms with Gasteiger partial charge in [-0.1, -0.05) is 23.7 Å². The summed E-state index contributed by atoms with van der Waals surface area (Å²) in [6, 6.07) is 7.57. The highest BCUT2D eigenvalue weighted by Crippen LogP contribution is 2.29. The van der Waals surface area contributed by atoms with E-state index in [2.05, 4.69) is 24.3 Å². The first kappa shape index (κ1) is 13.9. The second-order valence-corrected chi connectivity index (χ2v) is 4.67. The van der Waals surface area contributed by atoms with Gasteiger partial charge in [-0.2, -0.15) is 0 Å². The summed E-state index contributed by atoms with van der Waals surface area (Å²) in [5.74, 6) is 1.49. The van der Waals surface area contributed by atoms with Crippen molar-refractivity contribution in [3.8, 4) is 5.75 Å². The van der Waals surface area contributed by atoms with Gasteiger partial charge < -0.3 is 14.6 Å². The Morgan fingerprint density at radius 3 is 2.95 bits per heavy atom. The van der Waals surface area contributed by atoms with Crippen molar-refractivity contribution in [3.05, 3.63) is 46.8 Å². The Balaban J connectivity index is 2.14. The zero-order valence-corrected chi connectivity index (χ0v) is 11.8. The Kier molecular flexibility index (Phi) is 4.82. The minimum absolute atomic E-state index is 0.174. The Labute approximate surface area is 117 Å². The second-order valence-electron chi connectivity index (χ2n) is 4.23. The third kappa shape index (κ3) is 3.72. The van der Waals surface area contributed by atoms with Crippen molar-refractivity contribution in [2.24, 2.45) is 0 Å². The van der Waals surface area contributed by atoms with Gasteiger partial charge in [0.2, 0.25) is 0 Å². The van der Waals surface area contributed by atoms with E-state index < -0.39 is 0 Å². The van der Waals surface area contributed by atoms with Gasteiger partial charge >= 0.3 is 0 Å². The SMILES string of the molecule is CCNC(C)c1cc(Cl)ccc1OCc1ccno1. The summed E-state index contributed by atoms with van der Waals surface area (Å²) in [6.07, 6.45) is 1.60. The quantitative estimate of drug-likeness (QED) is 0.879. The van der Waals surface area contributed by atoms with Crippen LogP contribution in [0.3, 0.4) is 0 Å². The van der Waals surface area contributed by atoms with Gasteiger partial charge in [-0.15, -0.1) is 0 Å². The molecule has 2 aromatic rings. The molecule has 4 nitrogen and oxygen atoms in total. The van der Waals surface area contributed by atoms with Crippen molar-refractivity contribution in [2.75, 3.05) is 6.54 Å². The van der Waals surface area contributed by atoms with Crippen LogP contribution < -0.4 is 10.1 Å². The topological polar surface area (TPSA) is 47.3 Å². The van der Waals surface area contributed by atoms with Crippen LogP contribution in [0.15, 0.2) is 35.0 Å². The van der Waals surface area contributed by atoms with Crippen molar-refractivity contribution in [2.45, 2.75) is 26.5 Å². The van der Waals surface area contributed by atoms with E-state index in [1.165, 1.54) is 0 Å². The molecule has 0 bridgehead atoms. The molecular formula is C14H17ClN2O2. The molecule has 0 saturated heterocycles. The van der Waals surface area contributed by atoms with Gasteiger partial charge in [-0.25, -0.2) is 0 Å². The predicted molar refractivity (Wildman–Crippen MR) is 74.4 cm³/mol. The molecule has 1 heterocycles. The first-order valence-corrected chi connectivity index (χ1v) is 6.63. The lowest BCUT2D eigenvalue weighted by molar-refractivity contribution is 0.246. The minimum atomic E-state index is 0.174. The molecule has 1 aromatic heterocycles. The number of nitrogens with zero attached hydrogens (tertiary/aromatic N) is 1. The first-order valence-electron chi connectivity index (χ1n) is 6.26. The van der Waals surface area contributed by atoms with Crippen LogP contribution in [0.25, 0.3) is 0 Å². The molecule has 5 heteroatoms. The van der Waals surface area contributed by atoms with Gasteiger partial charge in [-0.3, -0.25) is 0 Å². The predicted octanol–water partition coefficient (Wildman–Crippen LogP) is 3.58. The Morgan fingerprint density at radius 1 is 1.42 bits per heavy atom. The van der Waals surface area contributed by atoms with Gasteiger partial charge in [0.15, 0.2) is 5.76 Å². The van der Waals surface area contributed by atoms with Crippen LogP contribution in [-0.2, 0) is 6.61 Å². The summed E-state index contributed by atoms with van der Waals surface area (Å²) >= 11 is 6.05. The smallest absolute Gasteiger partial charge is 0.174 e. The van der Waals surface area contributed by atoms with Crippen LogP contribution in [0.2, 0.25) is 5.02 Å². The van der Waals surface area contributed by atoms with Gasteiger partial charge in [0.05, 0.1) is 6.20 Å². The average Bonchev–Trinajstić information content (AvgIpc) is 2.90. The van der Waals surface area contributed by atoms with Crippen molar-refractivity contribution < 1.29 is 9.26 Å². The van der Waals surface area contributed by atoms with Crippen LogP contribution >= 0.6 is 11.6 Å². The fourth-order valence-corrected chi connectivity index (χ4v) is 2.05. The third-order valence-corrected chi connectivity index (χ3v) is 3.04. The molecular weight excluding hydrogens is 264 g/mol. The number of hydrogen-bond acceptors (Lipinski definition) is 4. The lowest BCUT2D eigenvalue weighted by Gasteiger charge is -2.17. The molecule has 0 saturated carbocycles. The third-order valence-electron chi connectivity index (χ3n) is 2.81. The maximum Gasteiger partial charge on any atom is 0.174 e. The number of benzene rings is 1. The number of aromatic nitrogens is 1. The zero-order valence-electron chi connectivity index (χ0n) is 11.0. The highest BCUT2D eigenvalue weighted by molar-refractivity contribution is 6.30. The maximum absolute atomic E-state index is 6.05. The number of ether oxygens (including phenoxy) is 1. The molecule has 2 rings (SSSR count). The monoisotopic (exact) mass is 280 g/mol. The van der Waals surface area contributed by atoms with E-state index in [1.807, 2.05) is 18.2 Å². The molecule has 0 fully saturated rings. The van der Waals surface area contributed by atoms with Gasteiger partial charge in [-0.05, 0) is 31.7 Å². The van der Waals surface area contributed by atoms with Crippen LogP contribution in [0.4, 0.5) is 0 Å². The number of hydrogen-bond donors (Lipinski definition) is 1. The van der Waals surface area contributed by atoms with Crippen LogP contribution in [-0.4, -0.2) is 11.7 Å². The summed E-state index contributed by atoms with van der Waals surface area (Å²) in [4.78, 5) is 0. The second kappa shape index (κ2) is 6.59. The van der Waals surface area contributed by atoms with E-state index in [4.69, 9.17) is 20.9 Å². The fraction of sp³-hybridized carbons (Fsp3) is 0.357. The lowest BCUT2D eigenvalue weighted by Crippen LogP contribution is -2.18. The number of halogens is 1. The summed E-state index contributed by atoms with van der Waals surface area (Å²) in [6.45, 7) is 5.38. The van der Waals surface area contributed by atoms with Crippen molar-refractivity contribution in [1.29, 1.82) is 0 Å². The Morgan fingerprint density at radius 2 is 2.26 bits per heavy atom. The van der Waals surface area contributed by atoms with Crippen molar-refractivity contribution in [1.82, 2.24) is 10.5 Å². The van der Waals surface area contributed by atoms with E-state index in [0.717, 1.165) is 17.9 Å². The summed E-state index contributed by atoms with van der Waals surface area (Å²) in [5, 5.41) is 7.70. The van der Waals surface area contributed by atoms with Gasteiger partial charge in [0, 0.05) is 22.7 Å². The molecule has 0 radical (unpaired) electrons. The molecule has 0 aliphatic carbocycles. The summed E-state index contributed by atoms with van der Waals surface area (Å²) < 4.78 is 10.8. The van der Waals surface area contributed by atoms with E-state index in [9.17, 15) is 0 Å². The molecule has 0 aliphatic rings. The Bertz CT molecular complexity index is 514. The maximum atomic E-state index is 6.05. The normalized spacial score (nSPS) is 12.4. The van der Waals surface area contributed by atoms with E-state index >= 15 is 0 Å². The molecule has 1 N–H and O–H groups in total. The standard InChI is InChI=1S/C14H17ClN2O2/c1-3-16-10(2)13-8-11(15)4-5-14(13)18-9-12-6-7-17-19-12/h4-8,10,16H,3,9H2,1-2H3. The van der Waals surface area contributed by atoms with Crippen LogP contribution in [0, 0.1) is 0 Å². The molecule has 1 aromatic carbocycles. The molecule has 19 heavy (non-hydrogen) atoms. The fourth-order valence-electron chi connectivity index (χ4n) is 1.87. The average molecular weight is 281 g/mol. The highest BCUT2D eigenvalue weighted by Gasteiger charge is 2.12. The largest absolute Gasteiger partial charge is 0.485 e.